The van der Waals surface area contributed by atoms with Gasteiger partial charge in [0, 0.05) is 19.1 Å². The van der Waals surface area contributed by atoms with E-state index >= 15 is 0 Å². The molecule has 116 valence electrons. The molecule has 2 aliphatic rings. The number of rotatable bonds is 6. The predicted molar refractivity (Wildman–Crippen MR) is 89.4 cm³/mol. The van der Waals surface area contributed by atoms with Gasteiger partial charge in [0.25, 0.3) is 0 Å². The molecule has 2 fully saturated rings. The third-order valence-corrected chi connectivity index (χ3v) is 5.32. The van der Waals surface area contributed by atoms with Gasteiger partial charge < -0.3 is 5.32 Å². The van der Waals surface area contributed by atoms with Crippen molar-refractivity contribution in [2.45, 2.75) is 57.5 Å². The number of piperazine rings is 1. The van der Waals surface area contributed by atoms with Crippen LogP contribution in [-0.4, -0.2) is 30.6 Å². The molecule has 2 heteroatoms. The van der Waals surface area contributed by atoms with Crippen LogP contribution in [0.1, 0.15) is 51.5 Å². The molecule has 3 rings (SSSR count). The highest BCUT2D eigenvalue weighted by atomic mass is 15.3. The number of hydrogen-bond acceptors (Lipinski definition) is 2. The molecule has 2 atom stereocenters. The summed E-state index contributed by atoms with van der Waals surface area (Å²) < 4.78 is 0. The van der Waals surface area contributed by atoms with Crippen LogP contribution in [0, 0.1) is 5.92 Å². The molecule has 0 radical (unpaired) electrons. The first kappa shape index (κ1) is 15.1. The third kappa shape index (κ3) is 3.49. The predicted octanol–water partition coefficient (Wildman–Crippen LogP) is 3.78. The summed E-state index contributed by atoms with van der Waals surface area (Å²) in [6, 6.07) is 11.8. The summed E-state index contributed by atoms with van der Waals surface area (Å²) in [5, 5.41) is 3.86. The van der Waals surface area contributed by atoms with Crippen LogP contribution < -0.4 is 5.32 Å². The highest BCUT2D eigenvalue weighted by Gasteiger charge is 2.42. The summed E-state index contributed by atoms with van der Waals surface area (Å²) in [4.78, 5) is 2.79. The monoisotopic (exact) mass is 286 g/mol. The second kappa shape index (κ2) is 6.50. The number of unbranched alkanes of at least 4 members (excludes halogenated alkanes) is 2. The molecule has 1 aromatic rings. The van der Waals surface area contributed by atoms with Crippen LogP contribution in [0.5, 0.6) is 0 Å². The molecule has 1 aliphatic carbocycles. The summed E-state index contributed by atoms with van der Waals surface area (Å²) in [6.07, 6.45) is 6.92. The van der Waals surface area contributed by atoms with Gasteiger partial charge in [0.1, 0.15) is 0 Å². The lowest BCUT2D eigenvalue weighted by Gasteiger charge is -2.47. The van der Waals surface area contributed by atoms with Crippen LogP contribution in [0.2, 0.25) is 0 Å². The van der Waals surface area contributed by atoms with Gasteiger partial charge in [-0.2, -0.15) is 0 Å². The Balaban J connectivity index is 1.71. The Morgan fingerprint density at radius 3 is 2.62 bits per heavy atom. The lowest BCUT2D eigenvalue weighted by molar-refractivity contribution is 0.0720. The van der Waals surface area contributed by atoms with Gasteiger partial charge in [-0.3, -0.25) is 4.90 Å². The topological polar surface area (TPSA) is 15.3 Å². The van der Waals surface area contributed by atoms with Gasteiger partial charge in [-0.15, -0.1) is 0 Å². The minimum Gasteiger partial charge on any atom is -0.305 e. The molecule has 0 bridgehead atoms. The second-order valence-corrected chi connectivity index (χ2v) is 7.16. The van der Waals surface area contributed by atoms with Crippen molar-refractivity contribution in [1.29, 1.82) is 0 Å². The summed E-state index contributed by atoms with van der Waals surface area (Å²) >= 11 is 0. The molecule has 1 heterocycles. The highest BCUT2D eigenvalue weighted by Crippen LogP contribution is 2.38. The highest BCUT2D eigenvalue weighted by molar-refractivity contribution is 5.25. The van der Waals surface area contributed by atoms with E-state index < -0.39 is 0 Å². The standard InChI is InChI=1S/C19H30N2/c1-3-4-8-13-21-15-19(2,17-9-6-5-7-10-17)20-14-18(21)16-11-12-16/h5-7,9-10,16,18,20H,3-4,8,11-15H2,1-2H3. The summed E-state index contributed by atoms with van der Waals surface area (Å²) in [6.45, 7) is 8.26. The van der Waals surface area contributed by atoms with Crippen molar-refractivity contribution in [1.82, 2.24) is 10.2 Å². The second-order valence-electron chi connectivity index (χ2n) is 7.16. The van der Waals surface area contributed by atoms with E-state index in [9.17, 15) is 0 Å². The Bertz CT molecular complexity index is 440. The molecule has 21 heavy (non-hydrogen) atoms. The number of hydrogen-bond donors (Lipinski definition) is 1. The zero-order valence-electron chi connectivity index (χ0n) is 13.6. The summed E-state index contributed by atoms with van der Waals surface area (Å²) in [5.74, 6) is 0.958. The van der Waals surface area contributed by atoms with E-state index in [1.165, 1.54) is 44.2 Å². The normalized spacial score (nSPS) is 30.5. The number of nitrogens with zero attached hydrogens (tertiary/aromatic N) is 1. The molecule has 1 saturated carbocycles. The maximum Gasteiger partial charge on any atom is 0.0535 e. The van der Waals surface area contributed by atoms with Crippen LogP contribution in [0.15, 0.2) is 30.3 Å². The van der Waals surface area contributed by atoms with E-state index in [4.69, 9.17) is 0 Å². The van der Waals surface area contributed by atoms with Crippen LogP contribution in [0.25, 0.3) is 0 Å². The van der Waals surface area contributed by atoms with Crippen molar-refractivity contribution in [3.8, 4) is 0 Å². The zero-order chi connectivity index (χ0) is 14.7. The van der Waals surface area contributed by atoms with Crippen LogP contribution in [0.3, 0.4) is 0 Å². The fourth-order valence-electron chi connectivity index (χ4n) is 3.79. The molecule has 2 nitrogen and oxygen atoms in total. The molecule has 2 unspecified atom stereocenters. The average molecular weight is 286 g/mol. The molecule has 0 spiro atoms. The Kier molecular flexibility index (Phi) is 4.66. The maximum atomic E-state index is 3.86. The van der Waals surface area contributed by atoms with Crippen LogP contribution >= 0.6 is 0 Å². The number of nitrogens with one attached hydrogen (secondary N) is 1. The number of benzene rings is 1. The molecule has 0 aromatic heterocycles. The van der Waals surface area contributed by atoms with Gasteiger partial charge in [-0.05, 0) is 44.2 Å². The van der Waals surface area contributed by atoms with E-state index in [0.717, 1.165) is 25.0 Å². The molecular weight excluding hydrogens is 256 g/mol. The first-order valence-corrected chi connectivity index (χ1v) is 8.77. The molecule has 1 aliphatic heterocycles. The smallest absolute Gasteiger partial charge is 0.0535 e. The van der Waals surface area contributed by atoms with Gasteiger partial charge in [0.15, 0.2) is 0 Å². The van der Waals surface area contributed by atoms with E-state index in [1.807, 2.05) is 0 Å². The maximum absolute atomic E-state index is 3.86. The van der Waals surface area contributed by atoms with E-state index in [1.54, 1.807) is 0 Å². The van der Waals surface area contributed by atoms with Gasteiger partial charge >= 0.3 is 0 Å². The zero-order valence-corrected chi connectivity index (χ0v) is 13.6. The molecule has 1 aromatic carbocycles. The Hall–Kier alpha value is -0.860. The van der Waals surface area contributed by atoms with Gasteiger partial charge in [0.05, 0.1) is 5.54 Å². The largest absolute Gasteiger partial charge is 0.305 e. The SMILES string of the molecule is CCCCCN1CC(C)(c2ccccc2)NCC1C1CC1. The Morgan fingerprint density at radius 1 is 1.19 bits per heavy atom. The quantitative estimate of drug-likeness (QED) is 0.801. The van der Waals surface area contributed by atoms with E-state index in [0.29, 0.717) is 0 Å². The molecule has 0 amide bonds. The fourth-order valence-corrected chi connectivity index (χ4v) is 3.79. The van der Waals surface area contributed by atoms with Crippen molar-refractivity contribution in [3.63, 3.8) is 0 Å². The van der Waals surface area contributed by atoms with Gasteiger partial charge in [0.2, 0.25) is 0 Å². The van der Waals surface area contributed by atoms with Crippen molar-refractivity contribution in [2.24, 2.45) is 5.92 Å². The first-order valence-electron chi connectivity index (χ1n) is 8.77. The lowest BCUT2D eigenvalue weighted by atomic mass is 9.87. The van der Waals surface area contributed by atoms with E-state index in [-0.39, 0.29) is 5.54 Å². The first-order chi connectivity index (χ1) is 10.2. The molecule has 1 N–H and O–H groups in total. The van der Waals surface area contributed by atoms with Crippen molar-refractivity contribution in [3.05, 3.63) is 35.9 Å². The average Bonchev–Trinajstić information content (AvgIpc) is 3.33. The fraction of sp³-hybridized carbons (Fsp3) is 0.684. The van der Waals surface area contributed by atoms with Gasteiger partial charge in [-0.25, -0.2) is 0 Å². The van der Waals surface area contributed by atoms with E-state index in [2.05, 4.69) is 54.4 Å². The minimum absolute atomic E-state index is 0.110. The lowest BCUT2D eigenvalue weighted by Crippen LogP contribution is -2.61. The molecule has 1 saturated heterocycles. The third-order valence-electron chi connectivity index (χ3n) is 5.32. The molecular formula is C19H30N2. The van der Waals surface area contributed by atoms with Crippen LogP contribution in [-0.2, 0) is 5.54 Å². The Labute approximate surface area is 129 Å². The summed E-state index contributed by atoms with van der Waals surface area (Å²) in [5.41, 5.74) is 1.54. The van der Waals surface area contributed by atoms with Crippen LogP contribution in [0.4, 0.5) is 0 Å². The van der Waals surface area contributed by atoms with Crippen molar-refractivity contribution >= 4 is 0 Å². The van der Waals surface area contributed by atoms with Gasteiger partial charge in [-0.1, -0.05) is 50.1 Å². The summed E-state index contributed by atoms with van der Waals surface area (Å²) in [7, 11) is 0. The van der Waals surface area contributed by atoms with Crippen molar-refractivity contribution < 1.29 is 0 Å². The Morgan fingerprint density at radius 2 is 1.95 bits per heavy atom. The minimum atomic E-state index is 0.110. The van der Waals surface area contributed by atoms with Crippen molar-refractivity contribution in [2.75, 3.05) is 19.6 Å².